The average Bonchev–Trinajstić information content (AvgIpc) is 3.44. The number of imide groups is 1. The maximum absolute atomic E-state index is 13.9. The molecular weight excluding hydrogens is 464 g/mol. The largest absolute Gasteiger partial charge is 0.493 e. The Bertz CT molecular complexity index is 1410. The molecule has 2 bridgehead atoms. The molecule has 6 rings (SSSR count). The Morgan fingerprint density at radius 1 is 1.03 bits per heavy atom. The summed E-state index contributed by atoms with van der Waals surface area (Å²) < 4.78 is 12.4. The van der Waals surface area contributed by atoms with Gasteiger partial charge in [-0.3, -0.25) is 9.59 Å². The van der Waals surface area contributed by atoms with E-state index in [1.165, 1.54) is 4.90 Å². The predicted octanol–water partition coefficient (Wildman–Crippen LogP) is 5.26. The van der Waals surface area contributed by atoms with Gasteiger partial charge in [-0.2, -0.15) is 5.26 Å². The van der Waals surface area contributed by atoms with Gasteiger partial charge in [0.05, 0.1) is 47.0 Å². The van der Waals surface area contributed by atoms with Crippen LogP contribution in [0.5, 0.6) is 5.75 Å². The number of hydrogen-bond acceptors (Lipinski definition) is 5. The number of carbonyl (C=O) groups excluding carboxylic acids is 2. The summed E-state index contributed by atoms with van der Waals surface area (Å²) in [7, 11) is 0. The lowest BCUT2D eigenvalue weighted by Gasteiger charge is -2.31. The summed E-state index contributed by atoms with van der Waals surface area (Å²) in [6.45, 7) is 2.31. The van der Waals surface area contributed by atoms with Crippen molar-refractivity contribution in [2.75, 3.05) is 11.5 Å². The van der Waals surface area contributed by atoms with E-state index in [0.717, 1.165) is 11.8 Å². The smallest absolute Gasteiger partial charge is 0.240 e. The van der Waals surface area contributed by atoms with Crippen LogP contribution in [0.15, 0.2) is 60.7 Å². The standard InChI is InChI=1S/C28H23ClN2O4/c1-27-12-13-28(35-27,14-15-34-19-9-7-18(29)8-10-19)24-23(27)25(32)31(26(24)33)22-11-6-17(16-30)20-4-2-3-5-21(20)22/h2-11,23-24H,12-15H2,1H3/t23-,24+,27-,28-/m0/s1. The zero-order valence-corrected chi connectivity index (χ0v) is 19.9. The average molecular weight is 487 g/mol. The molecule has 0 saturated carbocycles. The normalized spacial score (nSPS) is 29.0. The predicted molar refractivity (Wildman–Crippen MR) is 131 cm³/mol. The molecule has 3 heterocycles. The van der Waals surface area contributed by atoms with E-state index in [1.807, 2.05) is 31.2 Å². The van der Waals surface area contributed by atoms with Crippen LogP contribution in [0.25, 0.3) is 10.8 Å². The van der Waals surface area contributed by atoms with Gasteiger partial charge in [0.25, 0.3) is 0 Å². The molecule has 7 heteroatoms. The fourth-order valence-electron chi connectivity index (χ4n) is 6.30. The Balaban J connectivity index is 1.33. The molecule has 3 aromatic carbocycles. The number of amides is 2. The summed E-state index contributed by atoms with van der Waals surface area (Å²) in [5.74, 6) is -0.853. The van der Waals surface area contributed by atoms with Crippen molar-refractivity contribution in [1.82, 2.24) is 0 Å². The van der Waals surface area contributed by atoms with Gasteiger partial charge in [-0.25, -0.2) is 4.90 Å². The Labute approximate surface area is 208 Å². The molecule has 0 aliphatic carbocycles. The van der Waals surface area contributed by atoms with Crippen LogP contribution in [0, 0.1) is 23.2 Å². The molecular formula is C28H23ClN2O4. The minimum absolute atomic E-state index is 0.224. The van der Waals surface area contributed by atoms with E-state index < -0.39 is 23.0 Å². The number of benzene rings is 3. The van der Waals surface area contributed by atoms with E-state index in [0.29, 0.717) is 46.9 Å². The SMILES string of the molecule is C[C@@]12CC[C@@](CCOc3ccc(Cl)cc3)(O1)[C@H]1C(=O)N(c3ccc(C#N)c4ccccc34)C(=O)[C@H]12. The second-order valence-corrected chi connectivity index (χ2v) is 10.2. The van der Waals surface area contributed by atoms with Crippen molar-refractivity contribution in [3.05, 3.63) is 71.2 Å². The quantitative estimate of drug-likeness (QED) is 0.459. The highest BCUT2D eigenvalue weighted by molar-refractivity contribution is 6.30. The molecule has 0 radical (unpaired) electrons. The Morgan fingerprint density at radius 3 is 2.49 bits per heavy atom. The molecule has 3 aromatic rings. The summed E-state index contributed by atoms with van der Waals surface area (Å²) in [5, 5.41) is 11.6. The number of anilines is 1. The third-order valence-corrected chi connectivity index (χ3v) is 8.13. The first kappa shape index (κ1) is 22.1. The summed E-state index contributed by atoms with van der Waals surface area (Å²) >= 11 is 5.96. The van der Waals surface area contributed by atoms with Gasteiger partial charge in [0.15, 0.2) is 0 Å². The third kappa shape index (κ3) is 3.19. The van der Waals surface area contributed by atoms with Crippen molar-refractivity contribution >= 4 is 39.9 Å². The highest BCUT2D eigenvalue weighted by Crippen LogP contribution is 2.62. The number of ether oxygens (including phenoxy) is 2. The van der Waals surface area contributed by atoms with Gasteiger partial charge in [-0.1, -0.05) is 35.9 Å². The highest BCUT2D eigenvalue weighted by atomic mass is 35.5. The van der Waals surface area contributed by atoms with Crippen LogP contribution in [0.3, 0.4) is 0 Å². The first-order valence-corrected chi connectivity index (χ1v) is 12.1. The van der Waals surface area contributed by atoms with E-state index in [4.69, 9.17) is 21.1 Å². The lowest BCUT2D eigenvalue weighted by Crippen LogP contribution is -2.43. The number of fused-ring (bicyclic) bond motifs is 6. The number of nitriles is 1. The van der Waals surface area contributed by atoms with Crippen LogP contribution in [-0.4, -0.2) is 29.6 Å². The van der Waals surface area contributed by atoms with Gasteiger partial charge in [0, 0.05) is 22.2 Å². The molecule has 2 amide bonds. The Kier molecular flexibility index (Phi) is 4.93. The first-order chi connectivity index (χ1) is 16.9. The van der Waals surface area contributed by atoms with E-state index in [2.05, 4.69) is 6.07 Å². The number of rotatable bonds is 5. The number of carbonyl (C=O) groups is 2. The maximum Gasteiger partial charge on any atom is 0.240 e. The zero-order valence-electron chi connectivity index (χ0n) is 19.2. The second-order valence-electron chi connectivity index (χ2n) is 9.79. The Hall–Kier alpha value is -3.40. The van der Waals surface area contributed by atoms with Crippen LogP contribution in [0.4, 0.5) is 5.69 Å². The van der Waals surface area contributed by atoms with Crippen molar-refractivity contribution in [2.24, 2.45) is 11.8 Å². The van der Waals surface area contributed by atoms with Crippen LogP contribution in [0.2, 0.25) is 5.02 Å². The number of halogens is 1. The molecule has 3 aliphatic heterocycles. The molecule has 0 spiro atoms. The topological polar surface area (TPSA) is 79.6 Å². The summed E-state index contributed by atoms with van der Waals surface area (Å²) in [6, 6.07) is 20.1. The van der Waals surface area contributed by atoms with Gasteiger partial charge in [-0.05, 0) is 56.2 Å². The molecule has 4 atom stereocenters. The van der Waals surface area contributed by atoms with Crippen molar-refractivity contribution < 1.29 is 19.1 Å². The van der Waals surface area contributed by atoms with E-state index in [9.17, 15) is 14.9 Å². The van der Waals surface area contributed by atoms with Crippen molar-refractivity contribution in [3.63, 3.8) is 0 Å². The molecule has 35 heavy (non-hydrogen) atoms. The van der Waals surface area contributed by atoms with Crippen molar-refractivity contribution in [2.45, 2.75) is 37.4 Å². The molecule has 6 nitrogen and oxygen atoms in total. The van der Waals surface area contributed by atoms with Gasteiger partial charge in [-0.15, -0.1) is 0 Å². The van der Waals surface area contributed by atoms with Crippen molar-refractivity contribution in [1.29, 1.82) is 5.26 Å². The zero-order chi connectivity index (χ0) is 24.4. The van der Waals surface area contributed by atoms with Crippen LogP contribution < -0.4 is 9.64 Å². The second kappa shape index (κ2) is 7.81. The van der Waals surface area contributed by atoms with Crippen LogP contribution >= 0.6 is 11.6 Å². The fourth-order valence-corrected chi connectivity index (χ4v) is 6.42. The lowest BCUT2D eigenvalue weighted by molar-refractivity contribution is -0.131. The first-order valence-electron chi connectivity index (χ1n) is 11.8. The fraction of sp³-hybridized carbons (Fsp3) is 0.321. The Morgan fingerprint density at radius 2 is 1.74 bits per heavy atom. The van der Waals surface area contributed by atoms with E-state index in [-0.39, 0.29) is 11.8 Å². The summed E-state index contributed by atoms with van der Waals surface area (Å²) in [5.41, 5.74) is -0.390. The summed E-state index contributed by atoms with van der Waals surface area (Å²) in [6.07, 6.45) is 1.93. The molecule has 176 valence electrons. The molecule has 3 aliphatic rings. The number of hydrogen-bond donors (Lipinski definition) is 0. The van der Waals surface area contributed by atoms with E-state index >= 15 is 0 Å². The molecule has 3 saturated heterocycles. The van der Waals surface area contributed by atoms with Gasteiger partial charge < -0.3 is 9.47 Å². The van der Waals surface area contributed by atoms with E-state index in [1.54, 1.807) is 36.4 Å². The summed E-state index contributed by atoms with van der Waals surface area (Å²) in [4.78, 5) is 29.0. The molecule has 0 unspecified atom stereocenters. The number of nitrogens with zero attached hydrogens (tertiary/aromatic N) is 2. The van der Waals surface area contributed by atoms with Gasteiger partial charge in [0.2, 0.25) is 11.8 Å². The molecule has 3 fully saturated rings. The van der Waals surface area contributed by atoms with Gasteiger partial charge in [0.1, 0.15) is 5.75 Å². The van der Waals surface area contributed by atoms with Gasteiger partial charge >= 0.3 is 0 Å². The minimum Gasteiger partial charge on any atom is -0.493 e. The monoisotopic (exact) mass is 486 g/mol. The van der Waals surface area contributed by atoms with Crippen molar-refractivity contribution in [3.8, 4) is 11.8 Å². The highest BCUT2D eigenvalue weighted by Gasteiger charge is 2.73. The minimum atomic E-state index is -0.740. The maximum atomic E-state index is 13.9. The molecule has 0 aromatic heterocycles. The lowest BCUT2D eigenvalue weighted by atomic mass is 9.67. The van der Waals surface area contributed by atoms with Crippen LogP contribution in [0.1, 0.15) is 31.7 Å². The molecule has 0 N–H and O–H groups in total. The third-order valence-electron chi connectivity index (χ3n) is 7.88. The van der Waals surface area contributed by atoms with Crippen LogP contribution in [-0.2, 0) is 14.3 Å².